The third-order valence-corrected chi connectivity index (χ3v) is 4.03. The predicted molar refractivity (Wildman–Crippen MR) is 93.3 cm³/mol. The molecule has 1 aliphatic rings. The summed E-state index contributed by atoms with van der Waals surface area (Å²) in [6, 6.07) is 15.8. The fourth-order valence-electron chi connectivity index (χ4n) is 2.43. The van der Waals surface area contributed by atoms with Crippen LogP contribution in [0.15, 0.2) is 59.3 Å². The van der Waals surface area contributed by atoms with E-state index in [1.807, 2.05) is 48.5 Å². The molecule has 2 aromatic carbocycles. The molecular formula is C17H13BrN4O. The summed E-state index contributed by atoms with van der Waals surface area (Å²) in [5.74, 6) is 2.00. The Labute approximate surface area is 141 Å². The number of halogens is 1. The highest BCUT2D eigenvalue weighted by Gasteiger charge is 2.19. The molecule has 0 fully saturated rings. The number of para-hydroxylation sites is 1. The number of hydrogen-bond donors (Lipinski definition) is 2. The molecule has 1 aliphatic heterocycles. The largest absolute Gasteiger partial charge is 0.437 e. The minimum atomic E-state index is 0.513. The van der Waals surface area contributed by atoms with Gasteiger partial charge >= 0.3 is 0 Å². The first-order chi connectivity index (χ1) is 11.3. The maximum atomic E-state index is 5.96. The molecule has 0 radical (unpaired) electrons. The first kappa shape index (κ1) is 14.0. The van der Waals surface area contributed by atoms with E-state index in [1.165, 1.54) is 6.33 Å². The number of rotatable bonds is 2. The number of nitrogens with zero attached hydrogens (tertiary/aromatic N) is 2. The highest BCUT2D eigenvalue weighted by Crippen LogP contribution is 2.38. The maximum Gasteiger partial charge on any atom is 0.248 e. The molecular weight excluding hydrogens is 356 g/mol. The second-order valence-electron chi connectivity index (χ2n) is 5.10. The zero-order valence-corrected chi connectivity index (χ0v) is 13.7. The second kappa shape index (κ2) is 5.89. The van der Waals surface area contributed by atoms with Crippen molar-refractivity contribution in [2.24, 2.45) is 0 Å². The molecule has 6 heteroatoms. The van der Waals surface area contributed by atoms with Gasteiger partial charge in [0.05, 0.1) is 0 Å². The lowest BCUT2D eigenvalue weighted by molar-refractivity contribution is 0.463. The molecule has 1 aromatic heterocycles. The van der Waals surface area contributed by atoms with Gasteiger partial charge in [0.25, 0.3) is 0 Å². The van der Waals surface area contributed by atoms with E-state index >= 15 is 0 Å². The first-order valence-electron chi connectivity index (χ1n) is 7.17. The van der Waals surface area contributed by atoms with Crippen molar-refractivity contribution >= 4 is 33.1 Å². The van der Waals surface area contributed by atoms with E-state index in [4.69, 9.17) is 4.74 Å². The fraction of sp³-hybridized carbons (Fsp3) is 0.0588. The standard InChI is InChI=1S/C17H13BrN4O/c18-12-6-7-14-11(8-12)9-19-15-16(20-10-21-17(15)23-14)22-13-4-2-1-3-5-13/h1-8,10,19H,9H2,(H,20,21,22). The van der Waals surface area contributed by atoms with Crippen LogP contribution in [-0.2, 0) is 6.54 Å². The van der Waals surface area contributed by atoms with Gasteiger partial charge in [0, 0.05) is 22.3 Å². The molecule has 23 heavy (non-hydrogen) atoms. The lowest BCUT2D eigenvalue weighted by atomic mass is 10.2. The topological polar surface area (TPSA) is 59.1 Å². The smallest absolute Gasteiger partial charge is 0.248 e. The molecule has 3 aromatic rings. The van der Waals surface area contributed by atoms with E-state index in [0.717, 1.165) is 27.2 Å². The lowest BCUT2D eigenvalue weighted by Gasteiger charge is -2.12. The van der Waals surface area contributed by atoms with Crippen LogP contribution in [0, 0.1) is 0 Å². The Bertz CT molecular complexity index is 854. The summed E-state index contributed by atoms with van der Waals surface area (Å²) in [5, 5.41) is 6.66. The van der Waals surface area contributed by atoms with Crippen LogP contribution in [-0.4, -0.2) is 9.97 Å². The van der Waals surface area contributed by atoms with Crippen molar-refractivity contribution in [3.63, 3.8) is 0 Å². The van der Waals surface area contributed by atoms with Gasteiger partial charge in [0.2, 0.25) is 5.88 Å². The third-order valence-electron chi connectivity index (χ3n) is 3.53. The number of ether oxygens (including phenoxy) is 1. The first-order valence-corrected chi connectivity index (χ1v) is 7.96. The van der Waals surface area contributed by atoms with Gasteiger partial charge in [-0.05, 0) is 30.3 Å². The van der Waals surface area contributed by atoms with Crippen LogP contribution in [0.3, 0.4) is 0 Å². The van der Waals surface area contributed by atoms with Gasteiger partial charge in [-0.15, -0.1) is 0 Å². The molecule has 0 unspecified atom stereocenters. The Hall–Kier alpha value is -2.60. The van der Waals surface area contributed by atoms with E-state index in [9.17, 15) is 0 Å². The number of fused-ring (bicyclic) bond motifs is 2. The summed E-state index contributed by atoms with van der Waals surface area (Å²) in [4.78, 5) is 8.59. The van der Waals surface area contributed by atoms with Gasteiger partial charge in [0.1, 0.15) is 17.8 Å². The summed E-state index contributed by atoms with van der Waals surface area (Å²) in [6.45, 7) is 0.638. The van der Waals surface area contributed by atoms with Crippen LogP contribution in [0.2, 0.25) is 0 Å². The molecule has 0 saturated heterocycles. The zero-order valence-electron chi connectivity index (χ0n) is 12.1. The van der Waals surface area contributed by atoms with E-state index in [1.54, 1.807) is 0 Å². The maximum absolute atomic E-state index is 5.96. The van der Waals surface area contributed by atoms with Crippen molar-refractivity contribution in [2.45, 2.75) is 6.54 Å². The average molecular weight is 369 g/mol. The van der Waals surface area contributed by atoms with Crippen molar-refractivity contribution in [2.75, 3.05) is 10.6 Å². The van der Waals surface area contributed by atoms with E-state index < -0.39 is 0 Å². The van der Waals surface area contributed by atoms with Crippen LogP contribution in [0.4, 0.5) is 17.2 Å². The fourth-order valence-corrected chi connectivity index (χ4v) is 2.84. The predicted octanol–water partition coefficient (Wildman–Crippen LogP) is 4.70. The van der Waals surface area contributed by atoms with Crippen LogP contribution < -0.4 is 15.4 Å². The normalized spacial score (nSPS) is 12.2. The van der Waals surface area contributed by atoms with E-state index in [2.05, 4.69) is 36.5 Å². The van der Waals surface area contributed by atoms with Gasteiger partial charge in [-0.3, -0.25) is 0 Å². The zero-order chi connectivity index (χ0) is 15.6. The van der Waals surface area contributed by atoms with Crippen molar-refractivity contribution in [3.05, 3.63) is 64.9 Å². The molecule has 0 aliphatic carbocycles. The van der Waals surface area contributed by atoms with Gasteiger partial charge in [-0.1, -0.05) is 34.1 Å². The number of hydrogen-bond acceptors (Lipinski definition) is 5. The van der Waals surface area contributed by atoms with Crippen molar-refractivity contribution in [1.82, 2.24) is 9.97 Å². The minimum Gasteiger partial charge on any atom is -0.437 e. The molecule has 0 amide bonds. The summed E-state index contributed by atoms with van der Waals surface area (Å²) >= 11 is 3.49. The Morgan fingerprint density at radius 3 is 2.83 bits per heavy atom. The molecule has 0 bridgehead atoms. The van der Waals surface area contributed by atoms with Crippen LogP contribution in [0.1, 0.15) is 5.56 Å². The molecule has 0 saturated carbocycles. The monoisotopic (exact) mass is 368 g/mol. The molecule has 2 heterocycles. The molecule has 0 spiro atoms. The summed E-state index contributed by atoms with van der Waals surface area (Å²) < 4.78 is 6.98. The van der Waals surface area contributed by atoms with E-state index in [0.29, 0.717) is 18.2 Å². The van der Waals surface area contributed by atoms with Gasteiger partial charge < -0.3 is 15.4 Å². The lowest BCUT2D eigenvalue weighted by Crippen LogP contribution is -2.04. The SMILES string of the molecule is Brc1ccc2c(c1)CNc1c(Nc3ccccc3)ncnc1O2. The van der Waals surface area contributed by atoms with Crippen LogP contribution >= 0.6 is 15.9 Å². The van der Waals surface area contributed by atoms with E-state index in [-0.39, 0.29) is 0 Å². The second-order valence-corrected chi connectivity index (χ2v) is 6.02. The molecule has 114 valence electrons. The Morgan fingerprint density at radius 2 is 1.96 bits per heavy atom. The Balaban J connectivity index is 1.71. The highest BCUT2D eigenvalue weighted by atomic mass is 79.9. The number of benzene rings is 2. The van der Waals surface area contributed by atoms with Crippen molar-refractivity contribution in [1.29, 1.82) is 0 Å². The third kappa shape index (κ3) is 2.85. The molecule has 0 atom stereocenters. The molecule has 4 rings (SSSR count). The summed E-state index contributed by atoms with van der Waals surface area (Å²) in [6.07, 6.45) is 1.50. The Kier molecular flexibility index (Phi) is 3.59. The number of nitrogens with one attached hydrogen (secondary N) is 2. The quantitative estimate of drug-likeness (QED) is 0.686. The summed E-state index contributed by atoms with van der Waals surface area (Å²) in [7, 11) is 0. The number of aromatic nitrogens is 2. The number of anilines is 3. The summed E-state index contributed by atoms with van der Waals surface area (Å²) in [5.41, 5.74) is 2.77. The van der Waals surface area contributed by atoms with Crippen LogP contribution in [0.25, 0.3) is 0 Å². The highest BCUT2D eigenvalue weighted by molar-refractivity contribution is 9.10. The van der Waals surface area contributed by atoms with Crippen LogP contribution in [0.5, 0.6) is 11.6 Å². The van der Waals surface area contributed by atoms with Gasteiger partial charge in [-0.2, -0.15) is 4.98 Å². The molecule has 5 nitrogen and oxygen atoms in total. The van der Waals surface area contributed by atoms with Gasteiger partial charge in [0.15, 0.2) is 5.82 Å². The van der Waals surface area contributed by atoms with Crippen molar-refractivity contribution in [3.8, 4) is 11.6 Å². The molecule has 2 N–H and O–H groups in total. The Morgan fingerprint density at radius 1 is 1.09 bits per heavy atom. The van der Waals surface area contributed by atoms with Gasteiger partial charge in [-0.25, -0.2) is 4.98 Å². The minimum absolute atomic E-state index is 0.513. The van der Waals surface area contributed by atoms with Crippen molar-refractivity contribution < 1.29 is 4.74 Å². The average Bonchev–Trinajstić information content (AvgIpc) is 2.75.